The molecule has 0 spiro atoms. The van der Waals surface area contributed by atoms with Crippen molar-refractivity contribution in [3.8, 4) is 0 Å². The number of nitrogens with two attached hydrogens (primary N) is 1. The van der Waals surface area contributed by atoms with Crippen molar-refractivity contribution in [3.05, 3.63) is 47.4 Å². The predicted octanol–water partition coefficient (Wildman–Crippen LogP) is -0.736. The van der Waals surface area contributed by atoms with Gasteiger partial charge >= 0.3 is 0 Å². The first-order valence-electron chi connectivity index (χ1n) is 11.5. The van der Waals surface area contributed by atoms with Gasteiger partial charge in [-0.2, -0.15) is 4.57 Å². The van der Waals surface area contributed by atoms with Crippen LogP contribution in [0.1, 0.15) is 31.4 Å². The Morgan fingerprint density at radius 3 is 2.89 bits per heavy atom. The molecular formula is C23H23N7O7S. The molecule has 3 aromatic heterocycles. The lowest BCUT2D eigenvalue weighted by Crippen LogP contribution is -2.71. The Morgan fingerprint density at radius 1 is 1.45 bits per heavy atom. The Kier molecular flexibility index (Phi) is 6.52. The van der Waals surface area contributed by atoms with Gasteiger partial charge in [-0.05, 0) is 0 Å². The van der Waals surface area contributed by atoms with E-state index in [1.54, 1.807) is 23.0 Å². The number of oxazole rings is 1. The van der Waals surface area contributed by atoms with Crippen LogP contribution in [-0.2, 0) is 25.8 Å². The highest BCUT2D eigenvalue weighted by molar-refractivity contribution is 8.00. The first kappa shape index (κ1) is 25.3. The molecule has 5 heterocycles. The van der Waals surface area contributed by atoms with Gasteiger partial charge in [0.1, 0.15) is 29.7 Å². The van der Waals surface area contributed by atoms with E-state index in [4.69, 9.17) is 19.5 Å². The second-order valence-electron chi connectivity index (χ2n) is 8.91. The molecule has 2 aliphatic rings. The van der Waals surface area contributed by atoms with Gasteiger partial charge in [0.15, 0.2) is 24.3 Å². The van der Waals surface area contributed by atoms with E-state index in [0.717, 1.165) is 4.90 Å². The molecular weight excluding hydrogens is 518 g/mol. The number of nitrogens with zero attached hydrogens (tertiary/aromatic N) is 5. The summed E-state index contributed by atoms with van der Waals surface area (Å²) in [5.41, 5.74) is 6.81. The number of amides is 2. The maximum absolute atomic E-state index is 13.0. The lowest BCUT2D eigenvalue weighted by molar-refractivity contribution is -0.688. The molecule has 1 saturated heterocycles. The number of β-lactam (4-membered cyclic amide) rings is 1. The lowest BCUT2D eigenvalue weighted by Gasteiger charge is -2.50. The number of nitrogen functional groups attached to an aromatic ring is 1. The number of rotatable bonds is 8. The number of hydrogen-bond acceptors (Lipinski definition) is 12. The largest absolute Gasteiger partial charge is 0.543 e. The molecule has 2 amide bonds. The molecule has 15 heteroatoms. The summed E-state index contributed by atoms with van der Waals surface area (Å²) in [7, 11) is 1.24. The Bertz CT molecular complexity index is 1510. The van der Waals surface area contributed by atoms with Crippen LogP contribution in [0.5, 0.6) is 0 Å². The fraction of sp³-hybridized carbons (Fsp3) is 0.348. The van der Waals surface area contributed by atoms with Gasteiger partial charge in [0, 0.05) is 29.4 Å². The number of carboxylic acid groups (broad SMARTS) is 1. The Balaban J connectivity index is 1.35. The van der Waals surface area contributed by atoms with Gasteiger partial charge in [-0.1, -0.05) is 24.2 Å². The number of oxime groups is 1. The number of aromatic nitrogens is 3. The fourth-order valence-electron chi connectivity index (χ4n) is 4.20. The second-order valence-corrected chi connectivity index (χ2v) is 10.0. The highest BCUT2D eigenvalue weighted by Gasteiger charge is 2.53. The van der Waals surface area contributed by atoms with E-state index in [-0.39, 0.29) is 35.4 Å². The van der Waals surface area contributed by atoms with Gasteiger partial charge in [0.25, 0.3) is 11.8 Å². The summed E-state index contributed by atoms with van der Waals surface area (Å²) >= 11 is 1.32. The van der Waals surface area contributed by atoms with Gasteiger partial charge in [-0.15, -0.1) is 11.8 Å². The van der Waals surface area contributed by atoms with Gasteiger partial charge in [-0.3, -0.25) is 14.5 Å². The third-order valence-corrected chi connectivity index (χ3v) is 7.31. The SMILES string of the molecule is CON=C(C(=O)NC1C(=O)N2C(C(=O)[O-])=C(C[n+]3ccc4nc(C(C)C)oc4c3)CS[C@@H]12)c1cc(N)on1. The zero-order chi connectivity index (χ0) is 27.1. The van der Waals surface area contributed by atoms with Crippen LogP contribution in [0.4, 0.5) is 5.88 Å². The zero-order valence-corrected chi connectivity index (χ0v) is 21.4. The van der Waals surface area contributed by atoms with Gasteiger partial charge in [-0.25, -0.2) is 4.98 Å². The molecule has 2 atom stereocenters. The Hall–Kier alpha value is -4.40. The molecule has 0 bridgehead atoms. The summed E-state index contributed by atoms with van der Waals surface area (Å²) in [4.78, 5) is 48.3. The Labute approximate surface area is 219 Å². The summed E-state index contributed by atoms with van der Waals surface area (Å²) in [6, 6.07) is 2.06. The van der Waals surface area contributed by atoms with E-state index >= 15 is 0 Å². The number of aliphatic carboxylic acids is 1. The number of nitrogens with one attached hydrogen (secondary N) is 1. The molecule has 2 aliphatic heterocycles. The lowest BCUT2D eigenvalue weighted by atomic mass is 10.0. The number of carboxylic acids is 1. The first-order valence-corrected chi connectivity index (χ1v) is 12.5. The van der Waals surface area contributed by atoms with Crippen LogP contribution in [0.25, 0.3) is 11.1 Å². The van der Waals surface area contributed by atoms with Crippen molar-refractivity contribution in [2.24, 2.45) is 5.16 Å². The molecule has 0 saturated carbocycles. The summed E-state index contributed by atoms with van der Waals surface area (Å²) in [6.07, 6.45) is 3.50. The molecule has 3 N–H and O–H groups in total. The van der Waals surface area contributed by atoms with Crippen LogP contribution in [-0.4, -0.2) is 62.8 Å². The maximum atomic E-state index is 13.0. The number of thioether (sulfide) groups is 1. The third-order valence-electron chi connectivity index (χ3n) is 5.97. The average Bonchev–Trinajstić information content (AvgIpc) is 3.51. The van der Waals surface area contributed by atoms with Crippen LogP contribution in [0.3, 0.4) is 0 Å². The van der Waals surface area contributed by atoms with Crippen molar-refractivity contribution in [1.82, 2.24) is 20.4 Å². The second kappa shape index (κ2) is 9.81. The highest BCUT2D eigenvalue weighted by atomic mass is 32.2. The van der Waals surface area contributed by atoms with Crippen LogP contribution in [0.15, 0.2) is 49.9 Å². The summed E-state index contributed by atoms with van der Waals surface area (Å²) in [5.74, 6) is -1.86. The molecule has 0 aliphatic carbocycles. The van der Waals surface area contributed by atoms with Crippen LogP contribution < -0.4 is 20.7 Å². The minimum absolute atomic E-state index is 0.0145. The van der Waals surface area contributed by atoms with Gasteiger partial charge in [0.2, 0.25) is 17.7 Å². The van der Waals surface area contributed by atoms with Crippen molar-refractivity contribution < 1.29 is 37.8 Å². The molecule has 3 aromatic rings. The molecule has 5 rings (SSSR count). The summed E-state index contributed by atoms with van der Waals surface area (Å²) < 4.78 is 12.3. The molecule has 1 unspecified atom stereocenters. The minimum atomic E-state index is -1.48. The number of anilines is 1. The van der Waals surface area contributed by atoms with Gasteiger partial charge < -0.3 is 34.7 Å². The van der Waals surface area contributed by atoms with E-state index in [9.17, 15) is 19.5 Å². The van der Waals surface area contributed by atoms with Crippen molar-refractivity contribution in [3.63, 3.8) is 0 Å². The van der Waals surface area contributed by atoms with E-state index in [0.29, 0.717) is 28.3 Å². The standard InChI is InChI=1S/C23H23N7O7S/c1-10(2)20-25-12-4-5-29(8-14(12)36-20)7-11-9-38-22-17(21(32)30(22)18(11)23(33)34)26-19(31)16(28-35-3)13-6-15(24)37-27-13/h4-6,8,10,17,22H,7,9H2,1-3H3,(H3-,24,26,27,31,33,34)/t17?,22-/m0/s1. The first-order chi connectivity index (χ1) is 18.2. The molecule has 38 heavy (non-hydrogen) atoms. The zero-order valence-electron chi connectivity index (χ0n) is 20.5. The number of fused-ring (bicyclic) bond motifs is 2. The quantitative estimate of drug-likeness (QED) is 0.158. The van der Waals surface area contributed by atoms with Crippen LogP contribution >= 0.6 is 11.8 Å². The van der Waals surface area contributed by atoms with Crippen LogP contribution in [0.2, 0.25) is 0 Å². The average molecular weight is 542 g/mol. The van der Waals surface area contributed by atoms with Crippen molar-refractivity contribution >= 4 is 52.2 Å². The summed E-state index contributed by atoms with van der Waals surface area (Å²) in [6.45, 7) is 4.14. The normalized spacial score (nSPS) is 19.5. The van der Waals surface area contributed by atoms with E-state index in [2.05, 4.69) is 20.6 Å². The summed E-state index contributed by atoms with van der Waals surface area (Å²) in [5, 5.41) is 21.3. The van der Waals surface area contributed by atoms with Crippen molar-refractivity contribution in [2.75, 3.05) is 18.6 Å². The Morgan fingerprint density at radius 2 is 2.24 bits per heavy atom. The van der Waals surface area contributed by atoms with Gasteiger partial charge in [0.05, 0.1) is 11.7 Å². The molecule has 0 aromatic carbocycles. The molecule has 14 nitrogen and oxygen atoms in total. The van der Waals surface area contributed by atoms with E-state index < -0.39 is 29.2 Å². The number of pyridine rings is 1. The predicted molar refractivity (Wildman–Crippen MR) is 130 cm³/mol. The van der Waals surface area contributed by atoms with Crippen molar-refractivity contribution in [2.45, 2.75) is 37.7 Å². The topological polar surface area (TPSA) is 193 Å². The van der Waals surface area contributed by atoms with Crippen LogP contribution in [0, 0.1) is 0 Å². The number of carbonyl (C=O) groups is 3. The fourth-order valence-corrected chi connectivity index (χ4v) is 5.53. The molecule has 198 valence electrons. The smallest absolute Gasteiger partial charge is 0.276 e. The minimum Gasteiger partial charge on any atom is -0.543 e. The molecule has 1 fully saturated rings. The molecule has 0 radical (unpaired) electrons. The van der Waals surface area contributed by atoms with Crippen molar-refractivity contribution in [1.29, 1.82) is 0 Å². The number of carbonyl (C=O) groups excluding carboxylic acids is 3. The number of hydrogen-bond donors (Lipinski definition) is 2. The third kappa shape index (κ3) is 4.44. The maximum Gasteiger partial charge on any atom is 0.276 e. The van der Waals surface area contributed by atoms with E-state index in [1.165, 1.54) is 24.9 Å². The van der Waals surface area contributed by atoms with E-state index in [1.807, 2.05) is 13.8 Å². The monoisotopic (exact) mass is 541 g/mol. The highest BCUT2D eigenvalue weighted by Crippen LogP contribution is 2.40.